The van der Waals surface area contributed by atoms with Gasteiger partial charge in [-0.1, -0.05) is 59.8 Å². The van der Waals surface area contributed by atoms with Gasteiger partial charge in [0.15, 0.2) is 5.69 Å². The number of aromatic nitrogens is 3. The molecule has 3 aromatic rings. The number of nitrogens with zero attached hydrogens (tertiary/aromatic N) is 5. The molecule has 0 aliphatic carbocycles. The molecule has 5 rings (SSSR count). The predicted molar refractivity (Wildman–Crippen MR) is 126 cm³/mol. The summed E-state index contributed by atoms with van der Waals surface area (Å²) in [5, 5.41) is 8.33. The van der Waals surface area contributed by atoms with Gasteiger partial charge in [0.05, 0.1) is 18.7 Å². The van der Waals surface area contributed by atoms with Gasteiger partial charge >= 0.3 is 0 Å². The van der Waals surface area contributed by atoms with Crippen LogP contribution in [0.25, 0.3) is 11.1 Å². The summed E-state index contributed by atoms with van der Waals surface area (Å²) >= 11 is 0. The topological polar surface area (TPSA) is 71.3 Å². The first-order chi connectivity index (χ1) is 16.2. The third-order valence-electron chi connectivity index (χ3n) is 6.73. The van der Waals surface area contributed by atoms with Crippen LogP contribution in [0.2, 0.25) is 0 Å². The fourth-order valence-electron chi connectivity index (χ4n) is 4.75. The van der Waals surface area contributed by atoms with Crippen molar-refractivity contribution in [3.63, 3.8) is 0 Å². The summed E-state index contributed by atoms with van der Waals surface area (Å²) in [6.45, 7) is 3.00. The normalized spacial score (nSPS) is 16.8. The van der Waals surface area contributed by atoms with Crippen molar-refractivity contribution >= 4 is 11.8 Å². The highest BCUT2D eigenvalue weighted by Crippen LogP contribution is 2.24. The average Bonchev–Trinajstić information content (AvgIpc) is 3.58. The van der Waals surface area contributed by atoms with E-state index in [0.29, 0.717) is 25.2 Å². The predicted octanol–water partition coefficient (Wildman–Crippen LogP) is 3.59. The molecule has 0 saturated carbocycles. The van der Waals surface area contributed by atoms with Crippen LogP contribution in [0.3, 0.4) is 0 Å². The minimum absolute atomic E-state index is 0.0235. The molecule has 0 spiro atoms. The lowest BCUT2D eigenvalue weighted by atomic mass is 10.0. The van der Waals surface area contributed by atoms with E-state index in [1.807, 2.05) is 44.8 Å². The highest BCUT2D eigenvalue weighted by molar-refractivity contribution is 5.92. The number of hydrogen-bond acceptors (Lipinski definition) is 4. The largest absolute Gasteiger partial charge is 0.342 e. The van der Waals surface area contributed by atoms with Gasteiger partial charge in [0.1, 0.15) is 0 Å². The lowest BCUT2D eigenvalue weighted by Crippen LogP contribution is -2.40. The van der Waals surface area contributed by atoms with Gasteiger partial charge in [-0.25, -0.2) is 4.68 Å². The summed E-state index contributed by atoms with van der Waals surface area (Å²) < 4.78 is 1.81. The van der Waals surface area contributed by atoms with Crippen molar-refractivity contribution in [3.8, 4) is 11.1 Å². The van der Waals surface area contributed by atoms with E-state index >= 15 is 0 Å². The lowest BCUT2D eigenvalue weighted by molar-refractivity contribution is -0.131. The second-order valence-corrected chi connectivity index (χ2v) is 8.93. The van der Waals surface area contributed by atoms with E-state index in [1.165, 1.54) is 5.56 Å². The van der Waals surface area contributed by atoms with Crippen LogP contribution in [-0.4, -0.2) is 62.8 Å². The van der Waals surface area contributed by atoms with Crippen molar-refractivity contribution in [1.29, 1.82) is 0 Å². The fourth-order valence-corrected chi connectivity index (χ4v) is 4.75. The van der Waals surface area contributed by atoms with Crippen LogP contribution in [0.5, 0.6) is 0 Å². The Morgan fingerprint density at radius 2 is 1.48 bits per heavy atom. The first-order valence-corrected chi connectivity index (χ1v) is 11.8. The molecule has 0 N–H and O–H groups in total. The molecule has 2 aliphatic heterocycles. The lowest BCUT2D eigenvalue weighted by Gasteiger charge is -2.32. The van der Waals surface area contributed by atoms with E-state index in [4.69, 9.17) is 0 Å². The molecule has 2 fully saturated rings. The number of carbonyl (C=O) groups excluding carboxylic acids is 2. The summed E-state index contributed by atoms with van der Waals surface area (Å²) in [7, 11) is 0. The van der Waals surface area contributed by atoms with E-state index in [1.54, 1.807) is 6.20 Å². The van der Waals surface area contributed by atoms with Crippen LogP contribution in [-0.2, 0) is 11.2 Å². The summed E-state index contributed by atoms with van der Waals surface area (Å²) in [6, 6.07) is 18.7. The van der Waals surface area contributed by atoms with Gasteiger partial charge in [-0.3, -0.25) is 9.59 Å². The summed E-state index contributed by atoms with van der Waals surface area (Å²) in [5.41, 5.74) is 3.79. The molecule has 2 aromatic carbocycles. The molecule has 2 saturated heterocycles. The Morgan fingerprint density at radius 3 is 2.18 bits per heavy atom. The number of likely N-dealkylation sites (tertiary alicyclic amines) is 2. The van der Waals surface area contributed by atoms with E-state index in [-0.39, 0.29) is 17.9 Å². The molecule has 0 radical (unpaired) electrons. The minimum atomic E-state index is -0.0235. The molecule has 7 nitrogen and oxygen atoms in total. The van der Waals surface area contributed by atoms with E-state index < -0.39 is 0 Å². The first-order valence-electron chi connectivity index (χ1n) is 11.8. The Morgan fingerprint density at radius 1 is 0.818 bits per heavy atom. The summed E-state index contributed by atoms with van der Waals surface area (Å²) in [5.74, 6) is 0.133. The molecule has 33 heavy (non-hydrogen) atoms. The number of hydrogen-bond donors (Lipinski definition) is 0. The SMILES string of the molecule is O=C(Cc1ccc(-c2ccccc2)cc1)N1CCC(n2cc(C(=O)N3CCCC3)nn2)CC1. The number of benzene rings is 2. The van der Waals surface area contributed by atoms with Gasteiger partial charge < -0.3 is 9.80 Å². The van der Waals surface area contributed by atoms with Crippen molar-refractivity contribution in [2.75, 3.05) is 26.2 Å². The van der Waals surface area contributed by atoms with E-state index in [2.05, 4.69) is 34.6 Å². The molecule has 2 amide bonds. The van der Waals surface area contributed by atoms with Crippen LogP contribution in [0.4, 0.5) is 0 Å². The van der Waals surface area contributed by atoms with Gasteiger partial charge in [-0.05, 0) is 42.4 Å². The first kappa shape index (κ1) is 21.4. The zero-order valence-corrected chi connectivity index (χ0v) is 18.8. The third-order valence-corrected chi connectivity index (χ3v) is 6.73. The molecule has 170 valence electrons. The van der Waals surface area contributed by atoms with Crippen molar-refractivity contribution in [2.24, 2.45) is 0 Å². The molecule has 2 aliphatic rings. The third kappa shape index (κ3) is 4.82. The van der Waals surface area contributed by atoms with Crippen LogP contribution in [0, 0.1) is 0 Å². The maximum Gasteiger partial charge on any atom is 0.276 e. The summed E-state index contributed by atoms with van der Waals surface area (Å²) in [6.07, 6.45) is 5.94. The van der Waals surface area contributed by atoms with E-state index in [0.717, 1.165) is 49.9 Å². The number of piperidine rings is 1. The Balaban J connectivity index is 1.14. The standard InChI is InChI=1S/C26H29N5O2/c32-25(18-20-8-10-22(11-9-20)21-6-2-1-3-7-21)29-16-12-23(13-17-29)31-19-24(27-28-31)26(33)30-14-4-5-15-30/h1-3,6-11,19,23H,4-5,12-18H2. The fraction of sp³-hybridized carbons (Fsp3) is 0.385. The van der Waals surface area contributed by atoms with Gasteiger partial charge in [0, 0.05) is 26.2 Å². The Labute approximate surface area is 194 Å². The number of rotatable bonds is 5. The zero-order chi connectivity index (χ0) is 22.6. The van der Waals surface area contributed by atoms with Crippen LogP contribution >= 0.6 is 0 Å². The molecule has 1 aromatic heterocycles. The number of amides is 2. The zero-order valence-electron chi connectivity index (χ0n) is 18.8. The van der Waals surface area contributed by atoms with Gasteiger partial charge in [0.25, 0.3) is 5.91 Å². The average molecular weight is 444 g/mol. The number of carbonyl (C=O) groups is 2. The second-order valence-electron chi connectivity index (χ2n) is 8.93. The smallest absolute Gasteiger partial charge is 0.276 e. The van der Waals surface area contributed by atoms with Gasteiger partial charge in [-0.15, -0.1) is 5.10 Å². The van der Waals surface area contributed by atoms with Crippen molar-refractivity contribution < 1.29 is 9.59 Å². The van der Waals surface area contributed by atoms with E-state index in [9.17, 15) is 9.59 Å². The van der Waals surface area contributed by atoms with Crippen LogP contribution in [0.1, 0.15) is 47.8 Å². The van der Waals surface area contributed by atoms with Crippen LogP contribution in [0.15, 0.2) is 60.8 Å². The second kappa shape index (κ2) is 9.57. The molecule has 3 heterocycles. The Kier molecular flexibility index (Phi) is 6.19. The van der Waals surface area contributed by atoms with Gasteiger partial charge in [0.2, 0.25) is 5.91 Å². The maximum absolute atomic E-state index is 12.8. The molecule has 0 bridgehead atoms. The molecule has 0 unspecified atom stereocenters. The Bertz CT molecular complexity index is 1100. The molecular weight excluding hydrogens is 414 g/mol. The Hall–Kier alpha value is -3.48. The van der Waals surface area contributed by atoms with Crippen molar-refractivity contribution in [1.82, 2.24) is 24.8 Å². The quantitative estimate of drug-likeness (QED) is 0.604. The van der Waals surface area contributed by atoms with Crippen molar-refractivity contribution in [3.05, 3.63) is 72.1 Å². The highest BCUT2D eigenvalue weighted by atomic mass is 16.2. The minimum Gasteiger partial charge on any atom is -0.342 e. The molecular formula is C26H29N5O2. The maximum atomic E-state index is 12.8. The van der Waals surface area contributed by atoms with Crippen LogP contribution < -0.4 is 0 Å². The van der Waals surface area contributed by atoms with Gasteiger partial charge in [-0.2, -0.15) is 0 Å². The monoisotopic (exact) mass is 443 g/mol. The molecule has 7 heteroatoms. The van der Waals surface area contributed by atoms with Crippen molar-refractivity contribution in [2.45, 2.75) is 38.1 Å². The molecule has 0 atom stereocenters. The highest BCUT2D eigenvalue weighted by Gasteiger charge is 2.27. The summed E-state index contributed by atoms with van der Waals surface area (Å²) in [4.78, 5) is 29.2.